The summed E-state index contributed by atoms with van der Waals surface area (Å²) in [6, 6.07) is 9.04. The van der Waals surface area contributed by atoms with Crippen LogP contribution in [0.1, 0.15) is 50.7 Å². The quantitative estimate of drug-likeness (QED) is 0.824. The topological polar surface area (TPSA) is 26.0 Å². The zero-order valence-electron chi connectivity index (χ0n) is 10.8. The largest absolute Gasteiger partial charge is 0.330 e. The maximum atomic E-state index is 5.84. The van der Waals surface area contributed by atoms with Crippen molar-refractivity contribution in [2.75, 3.05) is 6.54 Å². The molecule has 2 rings (SSSR count). The highest BCUT2D eigenvalue weighted by atomic mass is 14.7. The van der Waals surface area contributed by atoms with Crippen LogP contribution in [-0.4, -0.2) is 6.54 Å². The van der Waals surface area contributed by atoms with Gasteiger partial charge >= 0.3 is 0 Å². The summed E-state index contributed by atoms with van der Waals surface area (Å²) in [7, 11) is 0. The number of hydrogen-bond acceptors (Lipinski definition) is 1. The molecule has 0 aromatic heterocycles. The molecule has 1 aliphatic carbocycles. The SMILES string of the molecule is CC(C)c1cccc(C2C(CN)C2(C)C)c1. The normalized spacial score (nSPS) is 27.1. The van der Waals surface area contributed by atoms with Crippen LogP contribution in [0.4, 0.5) is 0 Å². The van der Waals surface area contributed by atoms with Crippen molar-refractivity contribution in [3.8, 4) is 0 Å². The monoisotopic (exact) mass is 217 g/mol. The van der Waals surface area contributed by atoms with Crippen molar-refractivity contribution >= 4 is 0 Å². The minimum atomic E-state index is 0.393. The van der Waals surface area contributed by atoms with Gasteiger partial charge in [-0.05, 0) is 40.8 Å². The molecule has 1 saturated carbocycles. The van der Waals surface area contributed by atoms with E-state index in [0.29, 0.717) is 23.2 Å². The van der Waals surface area contributed by atoms with Gasteiger partial charge in [0.15, 0.2) is 0 Å². The Morgan fingerprint density at radius 3 is 2.50 bits per heavy atom. The van der Waals surface area contributed by atoms with Gasteiger partial charge in [0.2, 0.25) is 0 Å². The maximum absolute atomic E-state index is 5.84. The van der Waals surface area contributed by atoms with Crippen LogP contribution in [0.3, 0.4) is 0 Å². The van der Waals surface area contributed by atoms with Crippen molar-refractivity contribution in [2.45, 2.75) is 39.5 Å². The Hall–Kier alpha value is -0.820. The van der Waals surface area contributed by atoms with Crippen LogP contribution in [0, 0.1) is 11.3 Å². The zero-order chi connectivity index (χ0) is 11.9. The van der Waals surface area contributed by atoms with Crippen molar-refractivity contribution in [1.29, 1.82) is 0 Å². The predicted molar refractivity (Wildman–Crippen MR) is 69.6 cm³/mol. The van der Waals surface area contributed by atoms with Gasteiger partial charge < -0.3 is 5.73 Å². The van der Waals surface area contributed by atoms with E-state index in [1.54, 1.807) is 0 Å². The number of hydrogen-bond donors (Lipinski definition) is 1. The second-order valence-electron chi connectivity index (χ2n) is 5.97. The van der Waals surface area contributed by atoms with Gasteiger partial charge in [-0.2, -0.15) is 0 Å². The average Bonchev–Trinajstić information content (AvgIpc) is 2.80. The Labute approximate surface area is 99.0 Å². The smallest absolute Gasteiger partial charge is 0.00375 e. The van der Waals surface area contributed by atoms with Crippen LogP contribution >= 0.6 is 0 Å². The summed E-state index contributed by atoms with van der Waals surface area (Å²) < 4.78 is 0. The fraction of sp³-hybridized carbons (Fsp3) is 0.600. The molecule has 2 unspecified atom stereocenters. The highest BCUT2D eigenvalue weighted by molar-refractivity contribution is 5.35. The summed E-state index contributed by atoms with van der Waals surface area (Å²) in [6.45, 7) is 9.97. The lowest BCUT2D eigenvalue weighted by molar-refractivity contribution is 0.558. The van der Waals surface area contributed by atoms with Crippen molar-refractivity contribution in [1.82, 2.24) is 0 Å². The van der Waals surface area contributed by atoms with Gasteiger partial charge in [-0.15, -0.1) is 0 Å². The minimum Gasteiger partial charge on any atom is -0.330 e. The Bertz CT molecular complexity index is 379. The zero-order valence-corrected chi connectivity index (χ0v) is 10.8. The molecule has 0 bridgehead atoms. The highest BCUT2D eigenvalue weighted by Crippen LogP contribution is 2.63. The van der Waals surface area contributed by atoms with Gasteiger partial charge in [0.25, 0.3) is 0 Å². The van der Waals surface area contributed by atoms with E-state index in [0.717, 1.165) is 6.54 Å². The van der Waals surface area contributed by atoms with Gasteiger partial charge in [-0.1, -0.05) is 52.0 Å². The molecular formula is C15H23N. The standard InChI is InChI=1S/C15H23N/c1-10(2)11-6-5-7-12(8-11)14-13(9-16)15(14,3)4/h5-8,10,13-14H,9,16H2,1-4H3. The van der Waals surface area contributed by atoms with E-state index >= 15 is 0 Å². The molecule has 0 aliphatic heterocycles. The molecule has 1 nitrogen and oxygen atoms in total. The number of rotatable bonds is 3. The van der Waals surface area contributed by atoms with Crippen LogP contribution in [0.25, 0.3) is 0 Å². The van der Waals surface area contributed by atoms with Gasteiger partial charge in [-0.3, -0.25) is 0 Å². The van der Waals surface area contributed by atoms with Gasteiger partial charge in [0.05, 0.1) is 0 Å². The average molecular weight is 217 g/mol. The molecule has 1 aliphatic rings. The molecule has 1 aromatic rings. The Kier molecular flexibility index (Phi) is 2.83. The molecule has 2 atom stereocenters. The van der Waals surface area contributed by atoms with Crippen LogP contribution < -0.4 is 5.73 Å². The minimum absolute atomic E-state index is 0.393. The molecule has 16 heavy (non-hydrogen) atoms. The van der Waals surface area contributed by atoms with E-state index in [4.69, 9.17) is 5.73 Å². The maximum Gasteiger partial charge on any atom is -0.00375 e. The molecule has 0 amide bonds. The van der Waals surface area contributed by atoms with Crippen LogP contribution in [-0.2, 0) is 0 Å². The summed E-state index contributed by atoms with van der Waals surface area (Å²) in [5.74, 6) is 1.93. The molecule has 0 heterocycles. The first kappa shape index (κ1) is 11.7. The molecule has 1 fully saturated rings. The van der Waals surface area contributed by atoms with Crippen molar-refractivity contribution in [2.24, 2.45) is 17.1 Å². The lowest BCUT2D eigenvalue weighted by Crippen LogP contribution is -2.05. The van der Waals surface area contributed by atoms with E-state index in [-0.39, 0.29) is 0 Å². The van der Waals surface area contributed by atoms with E-state index in [2.05, 4.69) is 52.0 Å². The Morgan fingerprint density at radius 1 is 1.31 bits per heavy atom. The van der Waals surface area contributed by atoms with Crippen LogP contribution in [0.2, 0.25) is 0 Å². The third-order valence-electron chi connectivity index (χ3n) is 4.24. The van der Waals surface area contributed by atoms with Crippen molar-refractivity contribution in [3.05, 3.63) is 35.4 Å². The lowest BCUT2D eigenvalue weighted by atomic mass is 9.96. The van der Waals surface area contributed by atoms with E-state index < -0.39 is 0 Å². The van der Waals surface area contributed by atoms with E-state index in [1.165, 1.54) is 11.1 Å². The summed E-state index contributed by atoms with van der Waals surface area (Å²) in [5.41, 5.74) is 9.15. The van der Waals surface area contributed by atoms with Crippen LogP contribution in [0.15, 0.2) is 24.3 Å². The predicted octanol–water partition coefficient (Wildman–Crippen LogP) is 3.51. The van der Waals surface area contributed by atoms with Crippen LogP contribution in [0.5, 0.6) is 0 Å². The van der Waals surface area contributed by atoms with Gasteiger partial charge in [-0.25, -0.2) is 0 Å². The molecular weight excluding hydrogens is 194 g/mol. The first-order chi connectivity index (χ1) is 7.48. The first-order valence-electron chi connectivity index (χ1n) is 6.28. The first-order valence-corrected chi connectivity index (χ1v) is 6.28. The Balaban J connectivity index is 2.26. The summed E-state index contributed by atoms with van der Waals surface area (Å²) >= 11 is 0. The third kappa shape index (κ3) is 1.78. The molecule has 1 aromatic carbocycles. The number of nitrogens with two attached hydrogens (primary N) is 1. The molecule has 0 radical (unpaired) electrons. The third-order valence-corrected chi connectivity index (χ3v) is 4.24. The second-order valence-corrected chi connectivity index (χ2v) is 5.97. The van der Waals surface area contributed by atoms with Crippen molar-refractivity contribution in [3.63, 3.8) is 0 Å². The van der Waals surface area contributed by atoms with Crippen molar-refractivity contribution < 1.29 is 0 Å². The summed E-state index contributed by atoms with van der Waals surface area (Å²) in [5, 5.41) is 0. The second kappa shape index (κ2) is 3.89. The summed E-state index contributed by atoms with van der Waals surface area (Å²) in [4.78, 5) is 0. The van der Waals surface area contributed by atoms with E-state index in [1.807, 2.05) is 0 Å². The molecule has 1 heteroatoms. The molecule has 0 saturated heterocycles. The molecule has 2 N–H and O–H groups in total. The highest BCUT2D eigenvalue weighted by Gasteiger charge is 2.57. The molecule has 0 spiro atoms. The summed E-state index contributed by atoms with van der Waals surface area (Å²) in [6.07, 6.45) is 0. The fourth-order valence-corrected chi connectivity index (χ4v) is 2.96. The van der Waals surface area contributed by atoms with Gasteiger partial charge in [0, 0.05) is 0 Å². The number of benzene rings is 1. The van der Waals surface area contributed by atoms with E-state index in [9.17, 15) is 0 Å². The Morgan fingerprint density at radius 2 is 2.00 bits per heavy atom. The molecule has 88 valence electrons. The lowest BCUT2D eigenvalue weighted by Gasteiger charge is -2.09. The van der Waals surface area contributed by atoms with Gasteiger partial charge in [0.1, 0.15) is 0 Å². The fourth-order valence-electron chi connectivity index (χ4n) is 2.96.